The van der Waals surface area contributed by atoms with Crippen molar-refractivity contribution in [2.75, 3.05) is 6.54 Å². The molecule has 16 heavy (non-hydrogen) atoms. The molecule has 0 aliphatic heterocycles. The Bertz CT molecular complexity index is 371. The summed E-state index contributed by atoms with van der Waals surface area (Å²) in [6.07, 6.45) is 1.14. The van der Waals surface area contributed by atoms with Gasteiger partial charge < -0.3 is 10.1 Å². The van der Waals surface area contributed by atoms with Gasteiger partial charge in [-0.2, -0.15) is 0 Å². The van der Waals surface area contributed by atoms with Crippen LogP contribution in [0.25, 0.3) is 0 Å². The molecule has 0 spiro atoms. The van der Waals surface area contributed by atoms with Crippen LogP contribution in [0.3, 0.4) is 0 Å². The van der Waals surface area contributed by atoms with Crippen LogP contribution in [0, 0.1) is 0 Å². The Balaban J connectivity index is 2.25. The molecule has 0 bridgehead atoms. The second-order valence-corrected chi connectivity index (χ2v) is 3.28. The number of nitrogens with one attached hydrogen (secondary N) is 1. The van der Waals surface area contributed by atoms with Crippen molar-refractivity contribution in [3.05, 3.63) is 60.7 Å². The van der Waals surface area contributed by atoms with Gasteiger partial charge in [-0.15, -0.1) is 0 Å². The second-order valence-electron chi connectivity index (χ2n) is 3.28. The minimum atomic E-state index is -0.452. The maximum absolute atomic E-state index is 11.2. The van der Waals surface area contributed by atoms with E-state index in [1.807, 2.05) is 30.3 Å². The van der Waals surface area contributed by atoms with Gasteiger partial charge in [0.1, 0.15) is 6.61 Å². The molecule has 1 N–H and O–H groups in total. The second kappa shape index (κ2) is 6.45. The van der Waals surface area contributed by atoms with Gasteiger partial charge in [0.05, 0.1) is 0 Å². The van der Waals surface area contributed by atoms with Crippen LogP contribution in [0.1, 0.15) is 5.56 Å². The van der Waals surface area contributed by atoms with Crippen LogP contribution in [0.15, 0.2) is 55.1 Å². The lowest BCUT2D eigenvalue weighted by atomic mass is 10.2. The SMILES string of the molecule is C=CC(=C)CNC(=O)OCc1ccccc1. The van der Waals surface area contributed by atoms with Crippen LogP contribution in [0.4, 0.5) is 4.79 Å². The first-order valence-electron chi connectivity index (χ1n) is 4.97. The largest absolute Gasteiger partial charge is 0.445 e. The molecule has 84 valence electrons. The van der Waals surface area contributed by atoms with Crippen molar-refractivity contribution in [3.8, 4) is 0 Å². The first-order chi connectivity index (χ1) is 7.72. The maximum Gasteiger partial charge on any atom is 0.407 e. The Morgan fingerprint density at radius 1 is 1.38 bits per heavy atom. The van der Waals surface area contributed by atoms with E-state index in [1.165, 1.54) is 0 Å². The van der Waals surface area contributed by atoms with E-state index in [9.17, 15) is 4.79 Å². The van der Waals surface area contributed by atoms with E-state index in [2.05, 4.69) is 18.5 Å². The summed E-state index contributed by atoms with van der Waals surface area (Å²) in [6, 6.07) is 9.51. The lowest BCUT2D eigenvalue weighted by Crippen LogP contribution is -2.25. The van der Waals surface area contributed by atoms with Gasteiger partial charge in [-0.1, -0.05) is 49.6 Å². The average molecular weight is 217 g/mol. The molecule has 0 aromatic heterocycles. The van der Waals surface area contributed by atoms with Gasteiger partial charge in [-0.3, -0.25) is 0 Å². The first kappa shape index (κ1) is 12.0. The summed E-state index contributed by atoms with van der Waals surface area (Å²) in [5, 5.41) is 2.57. The molecule has 0 fully saturated rings. The monoisotopic (exact) mass is 217 g/mol. The first-order valence-corrected chi connectivity index (χ1v) is 4.97. The molecule has 1 rings (SSSR count). The predicted octanol–water partition coefficient (Wildman–Crippen LogP) is 2.66. The highest BCUT2D eigenvalue weighted by Crippen LogP contribution is 2.00. The molecule has 0 aliphatic carbocycles. The average Bonchev–Trinajstić information content (AvgIpc) is 2.34. The molecule has 3 nitrogen and oxygen atoms in total. The van der Waals surface area contributed by atoms with Gasteiger partial charge >= 0.3 is 6.09 Å². The smallest absolute Gasteiger partial charge is 0.407 e. The molecular weight excluding hydrogens is 202 g/mol. The molecule has 1 aromatic rings. The third kappa shape index (κ3) is 4.46. The number of ether oxygens (including phenoxy) is 1. The van der Waals surface area contributed by atoms with Crippen molar-refractivity contribution in [2.24, 2.45) is 0 Å². The molecule has 1 amide bonds. The van der Waals surface area contributed by atoms with Crippen molar-refractivity contribution < 1.29 is 9.53 Å². The fourth-order valence-electron chi connectivity index (χ4n) is 1.03. The Kier molecular flexibility index (Phi) is 4.86. The molecule has 3 heteroatoms. The number of hydrogen-bond acceptors (Lipinski definition) is 2. The number of carbonyl (C=O) groups excluding carboxylic acids is 1. The van der Waals surface area contributed by atoms with Crippen molar-refractivity contribution in [3.63, 3.8) is 0 Å². The molecule has 1 aromatic carbocycles. The van der Waals surface area contributed by atoms with Gasteiger partial charge in [-0.25, -0.2) is 4.79 Å². The standard InChI is InChI=1S/C13H15NO2/c1-3-11(2)9-14-13(15)16-10-12-7-5-4-6-8-12/h3-8H,1-2,9-10H2,(H,14,15). The normalized spacial score (nSPS) is 9.25. The molecule has 0 saturated heterocycles. The van der Waals surface area contributed by atoms with Gasteiger partial charge in [0, 0.05) is 6.54 Å². The minimum Gasteiger partial charge on any atom is -0.445 e. The fourth-order valence-corrected chi connectivity index (χ4v) is 1.03. The molecule has 0 radical (unpaired) electrons. The van der Waals surface area contributed by atoms with Crippen LogP contribution < -0.4 is 5.32 Å². The summed E-state index contributed by atoms with van der Waals surface area (Å²) >= 11 is 0. The third-order valence-corrected chi connectivity index (χ3v) is 1.96. The number of benzene rings is 1. The molecule has 0 aliphatic rings. The van der Waals surface area contributed by atoms with Crippen LogP contribution in [0.5, 0.6) is 0 Å². The highest BCUT2D eigenvalue weighted by atomic mass is 16.5. The zero-order chi connectivity index (χ0) is 11.8. The van der Waals surface area contributed by atoms with Crippen molar-refractivity contribution in [2.45, 2.75) is 6.61 Å². The van der Waals surface area contributed by atoms with Crippen molar-refractivity contribution in [1.82, 2.24) is 5.32 Å². The third-order valence-electron chi connectivity index (χ3n) is 1.96. The Labute approximate surface area is 95.4 Å². The molecule has 0 heterocycles. The number of carbonyl (C=O) groups is 1. The maximum atomic E-state index is 11.2. The fraction of sp³-hybridized carbons (Fsp3) is 0.154. The molecule has 0 saturated carbocycles. The van der Waals surface area contributed by atoms with Crippen molar-refractivity contribution >= 4 is 6.09 Å². The summed E-state index contributed by atoms with van der Waals surface area (Å²) in [5.74, 6) is 0. The summed E-state index contributed by atoms with van der Waals surface area (Å²) in [7, 11) is 0. The Hall–Kier alpha value is -2.03. The molecule has 0 atom stereocenters. The molecular formula is C13H15NO2. The zero-order valence-corrected chi connectivity index (χ0v) is 9.11. The van der Waals surface area contributed by atoms with Gasteiger partial charge in [-0.05, 0) is 11.1 Å². The van der Waals surface area contributed by atoms with E-state index in [4.69, 9.17) is 4.74 Å². The summed E-state index contributed by atoms with van der Waals surface area (Å²) < 4.78 is 5.00. The summed E-state index contributed by atoms with van der Waals surface area (Å²) in [6.45, 7) is 7.84. The number of rotatable bonds is 5. The van der Waals surface area contributed by atoms with Crippen molar-refractivity contribution in [1.29, 1.82) is 0 Å². The van der Waals surface area contributed by atoms with E-state index < -0.39 is 6.09 Å². The number of amides is 1. The Morgan fingerprint density at radius 2 is 2.06 bits per heavy atom. The van der Waals surface area contributed by atoms with Gasteiger partial charge in [0.15, 0.2) is 0 Å². The van der Waals surface area contributed by atoms with Crippen LogP contribution in [0.2, 0.25) is 0 Å². The number of hydrogen-bond donors (Lipinski definition) is 1. The topological polar surface area (TPSA) is 38.3 Å². The van der Waals surface area contributed by atoms with E-state index >= 15 is 0 Å². The highest BCUT2D eigenvalue weighted by molar-refractivity contribution is 5.67. The quantitative estimate of drug-likeness (QED) is 0.770. The molecule has 0 unspecified atom stereocenters. The predicted molar refractivity (Wildman–Crippen MR) is 64.0 cm³/mol. The van der Waals surface area contributed by atoms with Crippen LogP contribution in [-0.2, 0) is 11.3 Å². The Morgan fingerprint density at radius 3 is 2.69 bits per heavy atom. The van der Waals surface area contributed by atoms with E-state index in [-0.39, 0.29) is 6.61 Å². The van der Waals surface area contributed by atoms with E-state index in [0.29, 0.717) is 6.54 Å². The summed E-state index contributed by atoms with van der Waals surface area (Å²) in [4.78, 5) is 11.2. The van der Waals surface area contributed by atoms with E-state index in [0.717, 1.165) is 11.1 Å². The van der Waals surface area contributed by atoms with Gasteiger partial charge in [0.25, 0.3) is 0 Å². The lowest BCUT2D eigenvalue weighted by molar-refractivity contribution is 0.140. The highest BCUT2D eigenvalue weighted by Gasteiger charge is 2.01. The van der Waals surface area contributed by atoms with Gasteiger partial charge in [0.2, 0.25) is 0 Å². The summed E-state index contributed by atoms with van der Waals surface area (Å²) in [5.41, 5.74) is 1.71. The lowest BCUT2D eigenvalue weighted by Gasteiger charge is -2.06. The number of alkyl carbamates (subject to hydrolysis) is 1. The minimum absolute atomic E-state index is 0.271. The zero-order valence-electron chi connectivity index (χ0n) is 9.11. The van der Waals surface area contributed by atoms with Crippen LogP contribution >= 0.6 is 0 Å². The van der Waals surface area contributed by atoms with Crippen LogP contribution in [-0.4, -0.2) is 12.6 Å². The van der Waals surface area contributed by atoms with E-state index in [1.54, 1.807) is 6.08 Å².